The number of nitrogens with zero attached hydrogens (tertiary/aromatic N) is 3. The lowest BCUT2D eigenvalue weighted by Gasteiger charge is -2.44. The van der Waals surface area contributed by atoms with Crippen LogP contribution in [0.3, 0.4) is 0 Å². The number of rotatable bonds is 13. The molecule has 246 valence electrons. The Labute approximate surface area is 266 Å². The van der Waals surface area contributed by atoms with Crippen LogP contribution in [-0.4, -0.2) is 91.4 Å². The van der Waals surface area contributed by atoms with Crippen molar-refractivity contribution in [1.82, 2.24) is 14.7 Å². The number of unbranched alkanes of at least 4 members (excludes halogenated alkanes) is 2. The third-order valence-corrected chi connectivity index (χ3v) is 9.23. The quantitative estimate of drug-likeness (QED) is 0.185. The van der Waals surface area contributed by atoms with Gasteiger partial charge in [-0.25, -0.2) is 13.2 Å². The summed E-state index contributed by atoms with van der Waals surface area (Å²) in [5, 5.41) is 0. The van der Waals surface area contributed by atoms with Gasteiger partial charge < -0.3 is 14.4 Å². The van der Waals surface area contributed by atoms with Crippen molar-refractivity contribution in [3.8, 4) is 5.75 Å². The largest absolute Gasteiger partial charge is 0.493 e. The van der Waals surface area contributed by atoms with E-state index in [-0.39, 0.29) is 29.9 Å². The van der Waals surface area contributed by atoms with E-state index in [2.05, 4.69) is 21.9 Å². The average molecular weight is 628 g/mol. The van der Waals surface area contributed by atoms with Gasteiger partial charge in [0.25, 0.3) is 0 Å². The fourth-order valence-electron chi connectivity index (χ4n) is 7.12. The van der Waals surface area contributed by atoms with Gasteiger partial charge in [-0.05, 0) is 88.6 Å². The molecule has 1 saturated heterocycles. The molecular weight excluding hydrogens is 579 g/mol. The molecule has 2 aromatic rings. The van der Waals surface area contributed by atoms with Crippen LogP contribution in [0.15, 0.2) is 42.0 Å². The molecule has 6 nitrogen and oxygen atoms in total. The van der Waals surface area contributed by atoms with E-state index in [1.165, 1.54) is 26.0 Å². The van der Waals surface area contributed by atoms with E-state index in [0.29, 0.717) is 26.2 Å². The molecule has 3 aliphatic rings. The lowest BCUT2D eigenvalue weighted by Crippen LogP contribution is -2.48. The zero-order valence-electron chi connectivity index (χ0n) is 27.2. The van der Waals surface area contributed by atoms with Crippen LogP contribution < -0.4 is 4.74 Å². The normalized spacial score (nSPS) is 21.1. The van der Waals surface area contributed by atoms with E-state index in [1.54, 1.807) is 0 Å². The van der Waals surface area contributed by atoms with E-state index < -0.39 is 23.3 Å². The van der Waals surface area contributed by atoms with Gasteiger partial charge in [-0.3, -0.25) is 14.6 Å². The van der Waals surface area contributed by atoms with Crippen LogP contribution in [0.4, 0.5) is 13.2 Å². The van der Waals surface area contributed by atoms with Gasteiger partial charge in [0.05, 0.1) is 25.8 Å². The zero-order chi connectivity index (χ0) is 32.1. The summed E-state index contributed by atoms with van der Waals surface area (Å²) in [5.74, 6) is -1.30. The summed E-state index contributed by atoms with van der Waals surface area (Å²) in [5.41, 5.74) is 2.84. The summed E-state index contributed by atoms with van der Waals surface area (Å²) in [7, 11) is 0. The minimum absolute atomic E-state index is 0.0270. The number of halogens is 3. The highest BCUT2D eigenvalue weighted by molar-refractivity contribution is 5.79. The molecule has 2 atom stereocenters. The van der Waals surface area contributed by atoms with E-state index in [1.807, 2.05) is 30.9 Å². The SMILES string of the molecule is CCOC(=O)CN1CCN(CCCCCOc2cc(F)c([C@@H]3C4=C(C[C@@H](C)N3CC(C)(C)F)c3ccccc3C4)c(F)c2)CC1. The first kappa shape index (κ1) is 33.5. The minimum Gasteiger partial charge on any atom is -0.493 e. The third-order valence-electron chi connectivity index (χ3n) is 9.23. The lowest BCUT2D eigenvalue weighted by atomic mass is 9.84. The van der Waals surface area contributed by atoms with Crippen LogP contribution in [0.25, 0.3) is 5.57 Å². The van der Waals surface area contributed by atoms with Crippen LogP contribution >= 0.6 is 0 Å². The van der Waals surface area contributed by atoms with Crippen LogP contribution in [0.5, 0.6) is 5.75 Å². The summed E-state index contributed by atoms with van der Waals surface area (Å²) in [6, 6.07) is 9.93. The van der Waals surface area contributed by atoms with Crippen molar-refractivity contribution in [2.24, 2.45) is 0 Å². The highest BCUT2D eigenvalue weighted by Gasteiger charge is 2.43. The Balaban J connectivity index is 1.17. The van der Waals surface area contributed by atoms with Crippen LogP contribution in [-0.2, 0) is 16.0 Å². The van der Waals surface area contributed by atoms with Gasteiger partial charge in [0.15, 0.2) is 0 Å². The molecule has 2 aromatic carbocycles. The molecule has 0 spiro atoms. The Hall–Kier alpha value is -2.88. The van der Waals surface area contributed by atoms with Gasteiger partial charge in [0.1, 0.15) is 23.1 Å². The van der Waals surface area contributed by atoms with E-state index in [0.717, 1.165) is 80.7 Å². The first-order valence-electron chi connectivity index (χ1n) is 16.5. The molecule has 0 aromatic heterocycles. The number of hydrogen-bond donors (Lipinski definition) is 0. The molecule has 45 heavy (non-hydrogen) atoms. The maximum absolute atomic E-state index is 15.9. The van der Waals surface area contributed by atoms with Crippen molar-refractivity contribution < 1.29 is 27.4 Å². The van der Waals surface area contributed by atoms with Crippen molar-refractivity contribution in [3.05, 3.63) is 70.3 Å². The smallest absolute Gasteiger partial charge is 0.320 e. The zero-order valence-corrected chi connectivity index (χ0v) is 27.2. The molecule has 5 rings (SSSR count). The molecule has 0 radical (unpaired) electrons. The summed E-state index contributed by atoms with van der Waals surface area (Å²) < 4.78 is 57.7. The Kier molecular flexibility index (Phi) is 10.9. The number of carbonyl (C=O) groups is 1. The Morgan fingerprint density at radius 2 is 1.69 bits per heavy atom. The van der Waals surface area contributed by atoms with Gasteiger partial charge in [-0.15, -0.1) is 0 Å². The first-order chi connectivity index (χ1) is 21.5. The summed E-state index contributed by atoms with van der Waals surface area (Å²) >= 11 is 0. The van der Waals surface area contributed by atoms with Crippen LogP contribution in [0, 0.1) is 11.6 Å². The summed E-state index contributed by atoms with van der Waals surface area (Å²) in [6.07, 6.45) is 4.05. The molecule has 0 bridgehead atoms. The molecular formula is C36H48F3N3O3. The predicted molar refractivity (Wildman–Crippen MR) is 171 cm³/mol. The number of hydrogen-bond acceptors (Lipinski definition) is 6. The molecule has 1 fully saturated rings. The van der Waals surface area contributed by atoms with Gasteiger partial charge in [0.2, 0.25) is 0 Å². The van der Waals surface area contributed by atoms with Crippen molar-refractivity contribution in [3.63, 3.8) is 0 Å². The Morgan fingerprint density at radius 3 is 2.38 bits per heavy atom. The topological polar surface area (TPSA) is 45.3 Å². The van der Waals surface area contributed by atoms with Gasteiger partial charge in [0, 0.05) is 56.5 Å². The van der Waals surface area contributed by atoms with Gasteiger partial charge in [-0.2, -0.15) is 0 Å². The molecule has 1 aliphatic carbocycles. The van der Waals surface area contributed by atoms with Gasteiger partial charge in [-0.1, -0.05) is 24.3 Å². The average Bonchev–Trinajstić information content (AvgIpc) is 3.34. The minimum atomic E-state index is -1.52. The number of alkyl halides is 1. The fourth-order valence-corrected chi connectivity index (χ4v) is 7.12. The maximum Gasteiger partial charge on any atom is 0.320 e. The second-order valence-corrected chi connectivity index (χ2v) is 13.3. The predicted octanol–water partition coefficient (Wildman–Crippen LogP) is 6.59. The number of fused-ring (bicyclic) bond motifs is 2. The monoisotopic (exact) mass is 627 g/mol. The highest BCUT2D eigenvalue weighted by atomic mass is 19.1. The number of benzene rings is 2. The number of carbonyl (C=O) groups excluding carboxylic acids is 1. The molecule has 2 heterocycles. The van der Waals surface area contributed by atoms with E-state index >= 15 is 13.2 Å². The van der Waals surface area contributed by atoms with E-state index in [9.17, 15) is 4.79 Å². The van der Waals surface area contributed by atoms with Crippen LogP contribution in [0.1, 0.15) is 76.1 Å². The number of ether oxygens (including phenoxy) is 2. The van der Waals surface area contributed by atoms with Crippen LogP contribution in [0.2, 0.25) is 0 Å². The van der Waals surface area contributed by atoms with Crippen molar-refractivity contribution in [1.29, 1.82) is 0 Å². The second-order valence-electron chi connectivity index (χ2n) is 13.3. The first-order valence-corrected chi connectivity index (χ1v) is 16.5. The molecule has 0 amide bonds. The Morgan fingerprint density at radius 1 is 1.00 bits per heavy atom. The molecule has 0 unspecified atom stereocenters. The summed E-state index contributed by atoms with van der Waals surface area (Å²) in [4.78, 5) is 18.2. The van der Waals surface area contributed by atoms with Crippen molar-refractivity contribution >= 4 is 11.5 Å². The third kappa shape index (κ3) is 8.29. The lowest BCUT2D eigenvalue weighted by molar-refractivity contribution is -0.144. The molecule has 0 N–H and O–H groups in total. The molecule has 0 saturated carbocycles. The second kappa shape index (κ2) is 14.7. The van der Waals surface area contributed by atoms with Crippen molar-refractivity contribution in [2.75, 3.05) is 59.0 Å². The van der Waals surface area contributed by atoms with E-state index in [4.69, 9.17) is 9.47 Å². The number of piperazine rings is 1. The standard InChI is InChI=1S/C36H48F3N3O3/c1-5-44-33(43)23-41-16-14-40(15-17-41)13-9-6-10-18-45-27-21-31(37)34(32(38)22-27)35-30-20-26-11-7-8-12-28(26)29(30)19-25(2)42(35)24-36(3,4)39/h7-8,11-12,21-22,25,35H,5-6,9-10,13-20,23-24H2,1-4H3/t25-,35+/m1/s1. The van der Waals surface area contributed by atoms with Crippen molar-refractivity contribution in [2.45, 2.75) is 77.6 Å². The van der Waals surface area contributed by atoms with Gasteiger partial charge >= 0.3 is 5.97 Å². The maximum atomic E-state index is 15.9. The Bertz CT molecular complexity index is 1340. The molecule has 2 aliphatic heterocycles. The fraction of sp³-hybridized carbons (Fsp3) is 0.583. The molecule has 9 heteroatoms. The highest BCUT2D eigenvalue weighted by Crippen LogP contribution is 2.50. The number of esters is 1. The summed E-state index contributed by atoms with van der Waals surface area (Å²) in [6.45, 7) is 12.6.